The van der Waals surface area contributed by atoms with Gasteiger partial charge in [0.15, 0.2) is 0 Å². The summed E-state index contributed by atoms with van der Waals surface area (Å²) in [5, 5.41) is 10.5. The highest BCUT2D eigenvalue weighted by Gasteiger charge is 2.23. The van der Waals surface area contributed by atoms with E-state index in [2.05, 4.69) is 15.9 Å². The second kappa shape index (κ2) is 7.32. The Bertz CT molecular complexity index is 442. The van der Waals surface area contributed by atoms with E-state index in [1.54, 1.807) is 14.2 Å². The highest BCUT2D eigenvalue weighted by Crippen LogP contribution is 2.42. The van der Waals surface area contributed by atoms with Crippen LogP contribution in [0.15, 0.2) is 16.6 Å². The monoisotopic (exact) mass is 342 g/mol. The topological polar surface area (TPSA) is 38.7 Å². The van der Waals surface area contributed by atoms with Crippen molar-refractivity contribution in [3.8, 4) is 11.5 Å². The minimum Gasteiger partial charge on any atom is -0.495 e. The molecule has 1 aromatic carbocycles. The third-order valence-corrected chi connectivity index (χ3v) is 4.91. The van der Waals surface area contributed by atoms with Gasteiger partial charge in [-0.1, -0.05) is 32.1 Å². The lowest BCUT2D eigenvalue weighted by Gasteiger charge is -2.25. The van der Waals surface area contributed by atoms with Crippen LogP contribution in [0.5, 0.6) is 11.5 Å². The Kier molecular flexibility index (Phi) is 5.73. The molecule has 0 amide bonds. The highest BCUT2D eigenvalue weighted by atomic mass is 79.9. The summed E-state index contributed by atoms with van der Waals surface area (Å²) >= 11 is 3.48. The molecule has 0 spiro atoms. The molecule has 1 aliphatic rings. The van der Waals surface area contributed by atoms with E-state index in [1.165, 1.54) is 32.1 Å². The van der Waals surface area contributed by atoms with Crippen molar-refractivity contribution in [2.24, 2.45) is 5.92 Å². The summed E-state index contributed by atoms with van der Waals surface area (Å²) in [4.78, 5) is 0. The fraction of sp³-hybridized carbons (Fsp3) is 0.625. The van der Waals surface area contributed by atoms with Crippen molar-refractivity contribution in [1.82, 2.24) is 0 Å². The molecule has 4 heteroatoms. The van der Waals surface area contributed by atoms with Crippen LogP contribution < -0.4 is 9.47 Å². The van der Waals surface area contributed by atoms with Gasteiger partial charge in [-0.15, -0.1) is 0 Å². The molecule has 0 aliphatic heterocycles. The van der Waals surface area contributed by atoms with E-state index in [0.717, 1.165) is 22.2 Å². The van der Waals surface area contributed by atoms with Crippen molar-refractivity contribution in [2.75, 3.05) is 14.2 Å². The lowest BCUT2D eigenvalue weighted by molar-refractivity contribution is 0.128. The summed E-state index contributed by atoms with van der Waals surface area (Å²) in [5.41, 5.74) is 0.839. The molecule has 1 unspecified atom stereocenters. The van der Waals surface area contributed by atoms with Gasteiger partial charge >= 0.3 is 0 Å². The third-order valence-electron chi connectivity index (χ3n) is 4.16. The lowest BCUT2D eigenvalue weighted by Crippen LogP contribution is -2.12. The third kappa shape index (κ3) is 3.47. The summed E-state index contributed by atoms with van der Waals surface area (Å²) in [5.74, 6) is 2.02. The predicted octanol–water partition coefficient (Wildman–Crippen LogP) is 4.47. The number of benzene rings is 1. The first kappa shape index (κ1) is 15.6. The summed E-state index contributed by atoms with van der Waals surface area (Å²) in [6.07, 6.45) is 6.73. The average molecular weight is 343 g/mol. The molecule has 0 bridgehead atoms. The normalized spacial score (nSPS) is 17.8. The number of halogens is 1. The standard InChI is InChI=1S/C16H23BrO3/c1-19-14-9-8-12(16(20-2)15(14)17)13(18)10-11-6-4-3-5-7-11/h8-9,11,13,18H,3-7,10H2,1-2H3. The Hall–Kier alpha value is -0.740. The Morgan fingerprint density at radius 1 is 1.20 bits per heavy atom. The van der Waals surface area contributed by atoms with Crippen LogP contribution in [0.3, 0.4) is 0 Å². The van der Waals surface area contributed by atoms with Gasteiger partial charge in [0.1, 0.15) is 16.0 Å². The molecule has 3 nitrogen and oxygen atoms in total. The molecular formula is C16H23BrO3. The van der Waals surface area contributed by atoms with Crippen molar-refractivity contribution in [1.29, 1.82) is 0 Å². The van der Waals surface area contributed by atoms with Crippen molar-refractivity contribution >= 4 is 15.9 Å². The van der Waals surface area contributed by atoms with Crippen LogP contribution in [0.1, 0.15) is 50.2 Å². The summed E-state index contributed by atoms with van der Waals surface area (Å²) in [7, 11) is 3.24. The molecule has 1 N–H and O–H groups in total. The number of rotatable bonds is 5. The van der Waals surface area contributed by atoms with Gasteiger partial charge in [-0.05, 0) is 40.4 Å². The van der Waals surface area contributed by atoms with Gasteiger partial charge in [-0.25, -0.2) is 0 Å². The molecule has 1 saturated carbocycles. The fourth-order valence-electron chi connectivity index (χ4n) is 3.05. The molecule has 0 aromatic heterocycles. The maximum absolute atomic E-state index is 10.5. The quantitative estimate of drug-likeness (QED) is 0.857. The smallest absolute Gasteiger partial charge is 0.142 e. The number of aliphatic hydroxyl groups is 1. The van der Waals surface area contributed by atoms with Crippen molar-refractivity contribution < 1.29 is 14.6 Å². The van der Waals surface area contributed by atoms with E-state index in [0.29, 0.717) is 11.7 Å². The van der Waals surface area contributed by atoms with Crippen molar-refractivity contribution in [3.05, 3.63) is 22.2 Å². The van der Waals surface area contributed by atoms with Gasteiger partial charge in [-0.3, -0.25) is 0 Å². The van der Waals surface area contributed by atoms with Crippen LogP contribution in [-0.2, 0) is 0 Å². The fourth-order valence-corrected chi connectivity index (χ4v) is 3.73. The van der Waals surface area contributed by atoms with Gasteiger partial charge in [0, 0.05) is 5.56 Å². The van der Waals surface area contributed by atoms with Crippen LogP contribution in [0.2, 0.25) is 0 Å². The minimum atomic E-state index is -0.477. The summed E-state index contributed by atoms with van der Waals surface area (Å²) in [6.45, 7) is 0. The molecule has 20 heavy (non-hydrogen) atoms. The number of hydrogen-bond acceptors (Lipinski definition) is 3. The van der Waals surface area contributed by atoms with Crippen molar-refractivity contribution in [2.45, 2.75) is 44.6 Å². The molecule has 1 aromatic rings. The first-order valence-corrected chi connectivity index (χ1v) is 8.05. The Labute approximate surface area is 129 Å². The Balaban J connectivity index is 2.16. The van der Waals surface area contributed by atoms with E-state index in [9.17, 15) is 5.11 Å². The zero-order valence-corrected chi connectivity index (χ0v) is 13.8. The SMILES string of the molecule is COc1ccc(C(O)CC2CCCCC2)c(OC)c1Br. The van der Waals surface area contributed by atoms with E-state index >= 15 is 0 Å². The molecule has 1 fully saturated rings. The lowest BCUT2D eigenvalue weighted by atomic mass is 9.84. The van der Waals surface area contributed by atoms with E-state index in [1.807, 2.05) is 12.1 Å². The first-order valence-electron chi connectivity index (χ1n) is 7.25. The molecule has 0 saturated heterocycles. The van der Waals surface area contributed by atoms with E-state index in [-0.39, 0.29) is 0 Å². The van der Waals surface area contributed by atoms with Crippen LogP contribution in [-0.4, -0.2) is 19.3 Å². The van der Waals surface area contributed by atoms with Crippen LogP contribution in [0, 0.1) is 5.92 Å². The Morgan fingerprint density at radius 2 is 1.90 bits per heavy atom. The van der Waals surface area contributed by atoms with Gasteiger partial charge < -0.3 is 14.6 Å². The first-order chi connectivity index (χ1) is 9.67. The largest absolute Gasteiger partial charge is 0.495 e. The molecular weight excluding hydrogens is 320 g/mol. The molecule has 2 rings (SSSR count). The molecule has 0 radical (unpaired) electrons. The van der Waals surface area contributed by atoms with E-state index < -0.39 is 6.10 Å². The number of aliphatic hydroxyl groups excluding tert-OH is 1. The number of hydrogen-bond donors (Lipinski definition) is 1. The predicted molar refractivity (Wildman–Crippen MR) is 83.4 cm³/mol. The second-order valence-electron chi connectivity index (χ2n) is 5.46. The Morgan fingerprint density at radius 3 is 2.50 bits per heavy atom. The zero-order valence-electron chi connectivity index (χ0n) is 12.2. The van der Waals surface area contributed by atoms with Crippen molar-refractivity contribution in [3.63, 3.8) is 0 Å². The maximum atomic E-state index is 10.5. The minimum absolute atomic E-state index is 0.477. The number of methoxy groups -OCH3 is 2. The van der Waals surface area contributed by atoms with Crippen LogP contribution >= 0.6 is 15.9 Å². The van der Waals surface area contributed by atoms with Crippen LogP contribution in [0.4, 0.5) is 0 Å². The molecule has 1 atom stereocenters. The average Bonchev–Trinajstić information content (AvgIpc) is 2.47. The molecule has 112 valence electrons. The van der Waals surface area contributed by atoms with E-state index in [4.69, 9.17) is 9.47 Å². The summed E-state index contributed by atoms with van der Waals surface area (Å²) in [6, 6.07) is 3.77. The van der Waals surface area contributed by atoms with Gasteiger partial charge in [0.25, 0.3) is 0 Å². The van der Waals surface area contributed by atoms with Gasteiger partial charge in [0.05, 0.1) is 20.3 Å². The van der Waals surface area contributed by atoms with Gasteiger partial charge in [0.2, 0.25) is 0 Å². The number of ether oxygens (including phenoxy) is 2. The van der Waals surface area contributed by atoms with Crippen LogP contribution in [0.25, 0.3) is 0 Å². The molecule has 1 aliphatic carbocycles. The molecule has 0 heterocycles. The highest BCUT2D eigenvalue weighted by molar-refractivity contribution is 9.10. The second-order valence-corrected chi connectivity index (χ2v) is 6.25. The zero-order chi connectivity index (χ0) is 14.5. The summed E-state index contributed by atoms with van der Waals surface area (Å²) < 4.78 is 11.5. The van der Waals surface area contributed by atoms with Gasteiger partial charge in [-0.2, -0.15) is 0 Å². The maximum Gasteiger partial charge on any atom is 0.142 e.